The fourth-order valence-electron chi connectivity index (χ4n) is 1.07. The van der Waals surface area contributed by atoms with Crippen LogP contribution in [-0.2, 0) is 0 Å². The predicted octanol–water partition coefficient (Wildman–Crippen LogP) is 3.05. The van der Waals surface area contributed by atoms with E-state index in [1.165, 1.54) is 11.3 Å². The zero-order chi connectivity index (χ0) is 11.4. The number of thiophene rings is 1. The third-order valence-electron chi connectivity index (χ3n) is 2.15. The van der Waals surface area contributed by atoms with Gasteiger partial charge in [-0.1, -0.05) is 13.8 Å². The minimum absolute atomic E-state index is 0.00462. The van der Waals surface area contributed by atoms with Crippen molar-refractivity contribution in [1.82, 2.24) is 5.32 Å². The van der Waals surface area contributed by atoms with Gasteiger partial charge in [-0.15, -0.1) is 22.9 Å². The van der Waals surface area contributed by atoms with Crippen LogP contribution in [0.4, 0.5) is 0 Å². The molecule has 1 rings (SSSR count). The largest absolute Gasteiger partial charge is 0.350 e. The molecule has 1 aromatic rings. The van der Waals surface area contributed by atoms with E-state index in [2.05, 4.69) is 5.32 Å². The lowest BCUT2D eigenvalue weighted by Gasteiger charge is -2.13. The van der Waals surface area contributed by atoms with Crippen molar-refractivity contribution >= 4 is 28.8 Å². The number of alkyl halides is 1. The highest BCUT2D eigenvalue weighted by Gasteiger charge is 2.12. The molecule has 1 N–H and O–H groups in total. The van der Waals surface area contributed by atoms with Crippen molar-refractivity contribution in [2.45, 2.75) is 26.1 Å². The minimum Gasteiger partial charge on any atom is -0.350 e. The Labute approximate surface area is 99.6 Å². The number of carbonyl (C=O) groups is 1. The summed E-state index contributed by atoms with van der Waals surface area (Å²) in [5.74, 6) is 0.344. The highest BCUT2D eigenvalue weighted by atomic mass is 35.5. The van der Waals surface area contributed by atoms with Crippen LogP contribution in [0, 0.1) is 12.8 Å². The molecule has 2 nitrogen and oxygen atoms in total. The number of hydrogen-bond acceptors (Lipinski definition) is 2. The van der Waals surface area contributed by atoms with Crippen LogP contribution in [0.3, 0.4) is 0 Å². The summed E-state index contributed by atoms with van der Waals surface area (Å²) in [5.41, 5.74) is 0. The van der Waals surface area contributed by atoms with Crippen LogP contribution in [0.25, 0.3) is 0 Å². The van der Waals surface area contributed by atoms with Gasteiger partial charge in [0.25, 0.3) is 5.91 Å². The molecule has 1 aromatic heterocycles. The maximum Gasteiger partial charge on any atom is 0.261 e. The Morgan fingerprint density at radius 2 is 2.20 bits per heavy atom. The van der Waals surface area contributed by atoms with Crippen LogP contribution < -0.4 is 5.32 Å². The van der Waals surface area contributed by atoms with Crippen LogP contribution in [0.1, 0.15) is 28.4 Å². The average molecular weight is 246 g/mol. The Morgan fingerprint density at radius 1 is 1.53 bits per heavy atom. The monoisotopic (exact) mass is 245 g/mol. The van der Waals surface area contributed by atoms with Crippen LogP contribution in [-0.4, -0.2) is 17.8 Å². The summed E-state index contributed by atoms with van der Waals surface area (Å²) in [6.07, 6.45) is 0. The number of carbonyl (C=O) groups excluding carboxylic acids is 1. The lowest BCUT2D eigenvalue weighted by Crippen LogP contribution is -2.31. The number of rotatable bonds is 4. The molecule has 4 heteroatoms. The lowest BCUT2D eigenvalue weighted by atomic mass is 10.1. The van der Waals surface area contributed by atoms with E-state index in [0.717, 1.165) is 9.75 Å². The van der Waals surface area contributed by atoms with Crippen LogP contribution in [0.5, 0.6) is 0 Å². The Bertz CT molecular complexity index is 335. The third-order valence-corrected chi connectivity index (χ3v) is 3.80. The quantitative estimate of drug-likeness (QED) is 0.812. The molecule has 0 aromatic carbocycles. The molecule has 1 atom stereocenters. The van der Waals surface area contributed by atoms with Gasteiger partial charge in [0.1, 0.15) is 0 Å². The number of hydrogen-bond donors (Lipinski definition) is 1. The first-order chi connectivity index (χ1) is 7.00. The highest BCUT2D eigenvalue weighted by Crippen LogP contribution is 2.15. The van der Waals surface area contributed by atoms with E-state index in [9.17, 15) is 4.79 Å². The van der Waals surface area contributed by atoms with Gasteiger partial charge in [0, 0.05) is 11.4 Å². The normalized spacial score (nSPS) is 12.9. The molecule has 0 bridgehead atoms. The van der Waals surface area contributed by atoms with E-state index in [-0.39, 0.29) is 11.3 Å². The zero-order valence-electron chi connectivity index (χ0n) is 9.21. The number of nitrogens with one attached hydrogen (secondary N) is 1. The van der Waals surface area contributed by atoms with E-state index in [4.69, 9.17) is 11.6 Å². The molecule has 0 aliphatic rings. The smallest absolute Gasteiger partial charge is 0.261 e. The van der Waals surface area contributed by atoms with Gasteiger partial charge in [0.15, 0.2) is 0 Å². The summed E-state index contributed by atoms with van der Waals surface area (Å²) in [4.78, 5) is 13.5. The average Bonchev–Trinajstić information content (AvgIpc) is 2.60. The second kappa shape index (κ2) is 5.52. The summed E-state index contributed by atoms with van der Waals surface area (Å²) in [5, 5.41) is 2.83. The molecular formula is C11H16ClNOS. The summed E-state index contributed by atoms with van der Waals surface area (Å²) >= 11 is 7.54. The molecule has 0 fully saturated rings. The first kappa shape index (κ1) is 12.5. The van der Waals surface area contributed by atoms with Crippen LogP contribution in [0.2, 0.25) is 0 Å². The van der Waals surface area contributed by atoms with Crippen molar-refractivity contribution in [3.8, 4) is 0 Å². The van der Waals surface area contributed by atoms with Crippen molar-refractivity contribution in [2.75, 3.05) is 6.54 Å². The molecule has 15 heavy (non-hydrogen) atoms. The molecule has 0 saturated heterocycles. The number of amides is 1. The standard InChI is InChI=1S/C11H16ClNOS/c1-7(2)9(12)6-13-11(14)10-5-4-8(3)15-10/h4-5,7,9H,6H2,1-3H3,(H,13,14). The Kier molecular flexibility index (Phi) is 4.61. The van der Waals surface area contributed by atoms with Gasteiger partial charge >= 0.3 is 0 Å². The van der Waals surface area contributed by atoms with Crippen molar-refractivity contribution in [2.24, 2.45) is 5.92 Å². The van der Waals surface area contributed by atoms with E-state index >= 15 is 0 Å². The summed E-state index contributed by atoms with van der Waals surface area (Å²) < 4.78 is 0. The van der Waals surface area contributed by atoms with Crippen LogP contribution in [0.15, 0.2) is 12.1 Å². The second-order valence-electron chi connectivity index (χ2n) is 3.88. The maximum atomic E-state index is 11.6. The highest BCUT2D eigenvalue weighted by molar-refractivity contribution is 7.13. The molecule has 0 saturated carbocycles. The van der Waals surface area contributed by atoms with E-state index in [1.807, 2.05) is 32.9 Å². The van der Waals surface area contributed by atoms with Gasteiger partial charge < -0.3 is 5.32 Å². The van der Waals surface area contributed by atoms with Gasteiger partial charge in [-0.3, -0.25) is 4.79 Å². The number of halogens is 1. The topological polar surface area (TPSA) is 29.1 Å². The molecule has 0 aliphatic carbocycles. The fraction of sp³-hybridized carbons (Fsp3) is 0.545. The first-order valence-electron chi connectivity index (χ1n) is 4.99. The van der Waals surface area contributed by atoms with E-state index < -0.39 is 0 Å². The van der Waals surface area contributed by atoms with Crippen molar-refractivity contribution in [3.63, 3.8) is 0 Å². The Morgan fingerprint density at radius 3 is 2.67 bits per heavy atom. The fourth-order valence-corrected chi connectivity index (χ4v) is 1.93. The Balaban J connectivity index is 2.43. The van der Waals surface area contributed by atoms with Crippen LogP contribution >= 0.6 is 22.9 Å². The molecule has 0 aliphatic heterocycles. The Hall–Kier alpha value is -0.540. The summed E-state index contributed by atoms with van der Waals surface area (Å²) in [6, 6.07) is 3.79. The third kappa shape index (κ3) is 3.84. The summed E-state index contributed by atoms with van der Waals surface area (Å²) in [6.45, 7) is 6.59. The lowest BCUT2D eigenvalue weighted by molar-refractivity contribution is 0.0956. The van der Waals surface area contributed by atoms with Crippen molar-refractivity contribution < 1.29 is 4.79 Å². The zero-order valence-corrected chi connectivity index (χ0v) is 10.8. The van der Waals surface area contributed by atoms with Crippen molar-refractivity contribution in [1.29, 1.82) is 0 Å². The van der Waals surface area contributed by atoms with Gasteiger partial charge in [0.2, 0.25) is 0 Å². The molecule has 0 radical (unpaired) electrons. The molecule has 84 valence electrons. The molecule has 0 spiro atoms. The maximum absolute atomic E-state index is 11.6. The molecule has 1 unspecified atom stereocenters. The second-order valence-corrected chi connectivity index (χ2v) is 5.73. The number of aryl methyl sites for hydroxylation is 1. The van der Waals surface area contributed by atoms with E-state index in [1.54, 1.807) is 0 Å². The first-order valence-corrected chi connectivity index (χ1v) is 6.24. The molecule has 1 heterocycles. The molecular weight excluding hydrogens is 230 g/mol. The predicted molar refractivity (Wildman–Crippen MR) is 65.9 cm³/mol. The van der Waals surface area contributed by atoms with Gasteiger partial charge in [0.05, 0.1) is 10.3 Å². The van der Waals surface area contributed by atoms with Gasteiger partial charge in [-0.25, -0.2) is 0 Å². The van der Waals surface area contributed by atoms with Gasteiger partial charge in [-0.2, -0.15) is 0 Å². The van der Waals surface area contributed by atoms with Crippen molar-refractivity contribution in [3.05, 3.63) is 21.9 Å². The van der Waals surface area contributed by atoms with Gasteiger partial charge in [-0.05, 0) is 25.0 Å². The van der Waals surface area contributed by atoms with E-state index in [0.29, 0.717) is 12.5 Å². The molecule has 1 amide bonds. The minimum atomic E-state index is -0.0283. The SMILES string of the molecule is Cc1ccc(C(=O)NCC(Cl)C(C)C)s1. The summed E-state index contributed by atoms with van der Waals surface area (Å²) in [7, 11) is 0.